The topological polar surface area (TPSA) is 134 Å². The Balaban J connectivity index is 2.53. The van der Waals surface area contributed by atoms with Gasteiger partial charge < -0.3 is 29.9 Å². The van der Waals surface area contributed by atoms with Crippen molar-refractivity contribution in [3.63, 3.8) is 0 Å². The number of rotatable bonds is 14. The van der Waals surface area contributed by atoms with Crippen LogP contribution >= 0.6 is 0 Å². The number of aliphatic hydroxyl groups is 2. The predicted molar refractivity (Wildman–Crippen MR) is 177 cm³/mol. The Morgan fingerprint density at radius 3 is 1.32 bits per heavy atom. The molecule has 0 radical (unpaired) electrons. The van der Waals surface area contributed by atoms with Crippen molar-refractivity contribution < 1.29 is 92.2 Å². The average Bonchev–Trinajstić information content (AvgIpc) is 3.09. The quantitative estimate of drug-likeness (QED) is 0.118. The number of carbonyl (C=O) groups is 2. The molecule has 0 saturated heterocycles. The second-order valence-electron chi connectivity index (χ2n) is 13.3. The minimum atomic E-state index is -6.67. The first kappa shape index (κ1) is 46.7. The first-order chi connectivity index (χ1) is 25.9. The van der Waals surface area contributed by atoms with Gasteiger partial charge in [0, 0.05) is 11.1 Å². The van der Waals surface area contributed by atoms with E-state index >= 15 is 0 Å². The van der Waals surface area contributed by atoms with Crippen LogP contribution in [0.1, 0.15) is 104 Å². The van der Waals surface area contributed by atoms with Crippen LogP contribution < -0.4 is 9.47 Å². The van der Waals surface area contributed by atoms with Crippen LogP contribution in [-0.4, -0.2) is 62.7 Å². The molecule has 0 heterocycles. The van der Waals surface area contributed by atoms with E-state index in [9.17, 15) is 82.7 Å². The molecule has 3 aromatic rings. The van der Waals surface area contributed by atoms with Crippen LogP contribution in [0.3, 0.4) is 0 Å². The Hall–Kier alpha value is -4.72. The summed E-state index contributed by atoms with van der Waals surface area (Å²) in [6.45, 7) is 7.43. The Bertz CT molecular complexity index is 1930. The van der Waals surface area contributed by atoms with Gasteiger partial charge in [0.05, 0.1) is 5.56 Å². The standard InChI is InChI=1S/C37H36F12O8/c1-6-18(7-2)21-17-28(23(30(52)53)16-22(21)29(50)51)56-26-12-10-19(14-24(26)32(54,34(38,39)40)35(41,42)43)20-11-13-27(57-31(5,8-3)9-4)25(15-20)33(55,36(44,45)46)37(47,48)49/h10-18,54-55H,6-9H2,1-5H3,(H,50,51)(H,52,53). The summed E-state index contributed by atoms with van der Waals surface area (Å²) in [5.74, 6) is -8.00. The molecule has 0 unspecified atom stereocenters. The van der Waals surface area contributed by atoms with Crippen molar-refractivity contribution in [2.24, 2.45) is 0 Å². The zero-order valence-corrected chi connectivity index (χ0v) is 30.5. The molecular weight excluding hydrogens is 800 g/mol. The minimum absolute atomic E-state index is 0.00110. The van der Waals surface area contributed by atoms with Gasteiger partial charge in [-0.15, -0.1) is 0 Å². The summed E-state index contributed by atoms with van der Waals surface area (Å²) >= 11 is 0. The predicted octanol–water partition coefficient (Wildman–Crippen LogP) is 11.0. The molecular formula is C37H36F12O8. The molecule has 0 spiro atoms. The highest BCUT2D eigenvalue weighted by Crippen LogP contribution is 2.56. The number of carboxylic acid groups (broad SMARTS) is 2. The van der Waals surface area contributed by atoms with Gasteiger partial charge in [-0.05, 0) is 91.6 Å². The van der Waals surface area contributed by atoms with Crippen molar-refractivity contribution in [3.8, 4) is 28.4 Å². The molecule has 3 aromatic carbocycles. The molecule has 0 bridgehead atoms. The van der Waals surface area contributed by atoms with Crippen molar-refractivity contribution in [2.75, 3.05) is 0 Å². The van der Waals surface area contributed by atoms with E-state index in [1.165, 1.54) is 20.8 Å². The highest BCUT2D eigenvalue weighted by atomic mass is 19.4. The number of ether oxygens (including phenoxy) is 2. The zero-order valence-electron chi connectivity index (χ0n) is 30.5. The van der Waals surface area contributed by atoms with Crippen molar-refractivity contribution >= 4 is 11.9 Å². The number of halogens is 12. The van der Waals surface area contributed by atoms with Crippen LogP contribution in [0.5, 0.6) is 17.2 Å². The van der Waals surface area contributed by atoms with Gasteiger partial charge in [-0.1, -0.05) is 39.8 Å². The fourth-order valence-electron chi connectivity index (χ4n) is 5.97. The molecule has 0 saturated carbocycles. The first-order valence-electron chi connectivity index (χ1n) is 16.9. The van der Waals surface area contributed by atoms with Crippen LogP contribution in [0, 0.1) is 0 Å². The van der Waals surface area contributed by atoms with E-state index in [1.54, 1.807) is 13.8 Å². The summed E-state index contributed by atoms with van der Waals surface area (Å²) < 4.78 is 183. The number of hydrogen-bond donors (Lipinski definition) is 4. The number of alkyl halides is 12. The summed E-state index contributed by atoms with van der Waals surface area (Å²) in [7, 11) is 0. The SMILES string of the molecule is CCC(CC)c1cc(Oc2ccc(-c3ccc(OC(C)(CC)CC)c(C(O)(C(F)(F)F)C(F)(F)F)c3)cc2C(O)(C(F)(F)F)C(F)(F)F)c(C(=O)O)cc1C(=O)O. The second kappa shape index (κ2) is 15.9. The lowest BCUT2D eigenvalue weighted by molar-refractivity contribution is -0.377. The van der Waals surface area contributed by atoms with E-state index in [4.69, 9.17) is 9.47 Å². The number of hydrogen-bond acceptors (Lipinski definition) is 6. The lowest BCUT2D eigenvalue weighted by atomic mass is 9.86. The monoisotopic (exact) mass is 836 g/mol. The molecule has 316 valence electrons. The summed E-state index contributed by atoms with van der Waals surface area (Å²) in [4.78, 5) is 24.2. The van der Waals surface area contributed by atoms with Gasteiger partial charge in [0.1, 0.15) is 28.4 Å². The molecule has 4 N–H and O–H groups in total. The molecule has 8 nitrogen and oxygen atoms in total. The van der Waals surface area contributed by atoms with Crippen molar-refractivity contribution in [1.29, 1.82) is 0 Å². The molecule has 3 rings (SSSR count). The lowest BCUT2D eigenvalue weighted by Gasteiger charge is -2.36. The smallest absolute Gasteiger partial charge is 0.430 e. The van der Waals surface area contributed by atoms with Gasteiger partial charge in [0.25, 0.3) is 11.2 Å². The Kier molecular flexibility index (Phi) is 13.0. The molecule has 0 amide bonds. The highest BCUT2D eigenvalue weighted by molar-refractivity contribution is 5.97. The molecule has 20 heteroatoms. The maximum atomic E-state index is 14.4. The third kappa shape index (κ3) is 8.61. The Morgan fingerprint density at radius 1 is 0.579 bits per heavy atom. The Labute approximate surface area is 316 Å². The second-order valence-corrected chi connectivity index (χ2v) is 13.3. The normalized spacial score (nSPS) is 13.5. The fourth-order valence-corrected chi connectivity index (χ4v) is 5.97. The summed E-state index contributed by atoms with van der Waals surface area (Å²) in [5, 5.41) is 40.5. The van der Waals surface area contributed by atoms with Crippen molar-refractivity contribution in [3.05, 3.63) is 76.3 Å². The van der Waals surface area contributed by atoms with Crippen molar-refractivity contribution in [1.82, 2.24) is 0 Å². The van der Waals surface area contributed by atoms with Crippen LogP contribution in [0.4, 0.5) is 52.7 Å². The molecule has 0 aliphatic carbocycles. The summed E-state index contributed by atoms with van der Waals surface area (Å²) in [6.07, 6.45) is -26.0. The zero-order chi connectivity index (χ0) is 43.9. The van der Waals surface area contributed by atoms with Crippen LogP contribution in [0.2, 0.25) is 0 Å². The molecule has 0 aliphatic rings. The third-order valence-electron chi connectivity index (χ3n) is 9.82. The minimum Gasteiger partial charge on any atom is -0.487 e. The van der Waals surface area contributed by atoms with Crippen LogP contribution in [0.25, 0.3) is 11.1 Å². The van der Waals surface area contributed by atoms with E-state index in [-0.39, 0.29) is 43.4 Å². The van der Waals surface area contributed by atoms with E-state index < -0.39 is 110 Å². The largest absolute Gasteiger partial charge is 0.487 e. The number of aromatic carboxylic acids is 2. The van der Waals surface area contributed by atoms with E-state index in [0.29, 0.717) is 30.3 Å². The molecule has 57 heavy (non-hydrogen) atoms. The van der Waals surface area contributed by atoms with E-state index in [1.807, 2.05) is 0 Å². The lowest BCUT2D eigenvalue weighted by Crippen LogP contribution is -2.54. The number of carboxylic acids is 2. The van der Waals surface area contributed by atoms with Gasteiger partial charge in [-0.25, -0.2) is 9.59 Å². The van der Waals surface area contributed by atoms with Crippen LogP contribution in [0.15, 0.2) is 48.5 Å². The van der Waals surface area contributed by atoms with Gasteiger partial charge in [0.15, 0.2) is 0 Å². The third-order valence-corrected chi connectivity index (χ3v) is 9.82. The van der Waals surface area contributed by atoms with Gasteiger partial charge >= 0.3 is 36.6 Å². The van der Waals surface area contributed by atoms with E-state index in [0.717, 1.165) is 6.07 Å². The average molecular weight is 837 g/mol. The van der Waals surface area contributed by atoms with Crippen molar-refractivity contribution in [2.45, 2.75) is 108 Å². The summed E-state index contributed by atoms with van der Waals surface area (Å²) in [5.41, 5.74) is -21.1. The molecule has 0 fully saturated rings. The fraction of sp³-hybridized carbons (Fsp3) is 0.459. The summed E-state index contributed by atoms with van der Waals surface area (Å²) in [6, 6.07) is 3.25. The van der Waals surface area contributed by atoms with Gasteiger partial charge in [-0.2, -0.15) is 52.7 Å². The van der Waals surface area contributed by atoms with Crippen LogP contribution in [-0.2, 0) is 11.2 Å². The number of benzene rings is 3. The Morgan fingerprint density at radius 2 is 0.965 bits per heavy atom. The maximum absolute atomic E-state index is 14.4. The first-order valence-corrected chi connectivity index (χ1v) is 16.9. The molecule has 0 aromatic heterocycles. The highest BCUT2D eigenvalue weighted by Gasteiger charge is 2.73. The molecule has 0 atom stereocenters. The molecule has 0 aliphatic heterocycles. The van der Waals surface area contributed by atoms with Gasteiger partial charge in [0.2, 0.25) is 0 Å². The van der Waals surface area contributed by atoms with E-state index in [2.05, 4.69) is 0 Å². The maximum Gasteiger partial charge on any atom is 0.430 e. The van der Waals surface area contributed by atoms with Gasteiger partial charge in [-0.3, -0.25) is 0 Å².